The summed E-state index contributed by atoms with van der Waals surface area (Å²) in [7, 11) is 0. The molecule has 0 bridgehead atoms. The Morgan fingerprint density at radius 1 is 1.44 bits per heavy atom. The molecule has 2 N–H and O–H groups in total. The Kier molecular flexibility index (Phi) is 2.59. The molecule has 1 aliphatic heterocycles. The summed E-state index contributed by atoms with van der Waals surface area (Å²) in [5.41, 5.74) is 1.26. The first-order valence-corrected chi connectivity index (χ1v) is 6.31. The van der Waals surface area contributed by atoms with Gasteiger partial charge in [0.1, 0.15) is 5.82 Å². The second-order valence-corrected chi connectivity index (χ2v) is 4.91. The lowest BCUT2D eigenvalue weighted by atomic mass is 10.1. The summed E-state index contributed by atoms with van der Waals surface area (Å²) in [6.07, 6.45) is 7.67. The van der Waals surface area contributed by atoms with E-state index in [1.165, 1.54) is 30.6 Å². The lowest BCUT2D eigenvalue weighted by Crippen LogP contribution is -2.25. The van der Waals surface area contributed by atoms with Crippen LogP contribution in [0.4, 0.5) is 5.82 Å². The zero-order valence-electron chi connectivity index (χ0n) is 9.52. The minimum absolute atomic E-state index is 0.261. The van der Waals surface area contributed by atoms with E-state index in [9.17, 15) is 0 Å². The highest BCUT2D eigenvalue weighted by atomic mass is 16.2. The predicted octanol–water partition coefficient (Wildman–Crippen LogP) is 1.57. The molecule has 88 valence electrons. The van der Waals surface area contributed by atoms with Gasteiger partial charge in [-0.1, -0.05) is 0 Å². The van der Waals surface area contributed by atoms with Crippen LogP contribution in [-0.4, -0.2) is 28.0 Å². The monoisotopic (exact) mass is 221 g/mol. The van der Waals surface area contributed by atoms with Crippen molar-refractivity contribution >= 4 is 5.82 Å². The van der Waals surface area contributed by atoms with E-state index in [0.717, 1.165) is 25.3 Å². The van der Waals surface area contributed by atoms with Gasteiger partial charge in [0.25, 0.3) is 0 Å². The fourth-order valence-corrected chi connectivity index (χ4v) is 2.67. The maximum absolute atomic E-state index is 8.87. The highest BCUT2D eigenvalue weighted by Gasteiger charge is 2.36. The Bertz CT molecular complexity index is 370. The number of aliphatic hydroxyl groups is 1. The van der Waals surface area contributed by atoms with E-state index in [4.69, 9.17) is 5.11 Å². The van der Waals surface area contributed by atoms with Crippen LogP contribution in [0.25, 0.3) is 0 Å². The molecule has 2 heterocycles. The van der Waals surface area contributed by atoms with Crippen LogP contribution in [0.15, 0.2) is 6.20 Å². The van der Waals surface area contributed by atoms with Crippen molar-refractivity contribution in [3.05, 3.63) is 11.8 Å². The molecular weight excluding hydrogens is 202 g/mol. The van der Waals surface area contributed by atoms with Crippen LogP contribution in [0.1, 0.15) is 37.3 Å². The minimum Gasteiger partial charge on any atom is -0.396 e. The molecule has 1 atom stereocenters. The van der Waals surface area contributed by atoms with Crippen molar-refractivity contribution in [1.29, 1.82) is 0 Å². The Balaban J connectivity index is 1.82. The minimum atomic E-state index is 0.261. The number of nitrogens with zero attached hydrogens (tertiary/aromatic N) is 2. The molecule has 1 aliphatic carbocycles. The van der Waals surface area contributed by atoms with Crippen LogP contribution >= 0.6 is 0 Å². The smallest absolute Gasteiger partial charge is 0.127 e. The number of anilines is 1. The molecular formula is C12H19N3O. The first-order chi connectivity index (χ1) is 7.90. The topological polar surface area (TPSA) is 50.1 Å². The SMILES string of the molecule is OCCCc1cnn2c1NCCC2C1CC1. The van der Waals surface area contributed by atoms with Crippen molar-refractivity contribution in [1.82, 2.24) is 9.78 Å². The molecule has 1 fully saturated rings. The Morgan fingerprint density at radius 3 is 3.06 bits per heavy atom. The third-order valence-corrected chi connectivity index (χ3v) is 3.69. The molecule has 1 aromatic heterocycles. The number of aliphatic hydroxyl groups excluding tert-OH is 1. The van der Waals surface area contributed by atoms with Gasteiger partial charge in [-0.2, -0.15) is 5.10 Å². The van der Waals surface area contributed by atoms with Crippen molar-refractivity contribution in [3.8, 4) is 0 Å². The zero-order chi connectivity index (χ0) is 11.0. The van der Waals surface area contributed by atoms with Gasteiger partial charge in [0.15, 0.2) is 0 Å². The van der Waals surface area contributed by atoms with Crippen LogP contribution in [0, 0.1) is 5.92 Å². The van der Waals surface area contributed by atoms with E-state index in [2.05, 4.69) is 15.1 Å². The van der Waals surface area contributed by atoms with E-state index in [1.807, 2.05) is 6.20 Å². The normalized spacial score (nSPS) is 23.9. The first kappa shape index (κ1) is 10.1. The second kappa shape index (κ2) is 4.09. The lowest BCUT2D eigenvalue weighted by Gasteiger charge is -2.26. The van der Waals surface area contributed by atoms with E-state index in [-0.39, 0.29) is 6.61 Å². The standard InChI is InChI=1S/C12H19N3O/c16-7-1-2-10-8-14-15-11(9-3-4-9)5-6-13-12(10)15/h8-9,11,13,16H,1-7H2. The van der Waals surface area contributed by atoms with Crippen molar-refractivity contribution in [2.75, 3.05) is 18.5 Å². The summed E-state index contributed by atoms with van der Waals surface area (Å²) in [6.45, 7) is 1.33. The van der Waals surface area contributed by atoms with E-state index < -0.39 is 0 Å². The van der Waals surface area contributed by atoms with E-state index in [0.29, 0.717) is 6.04 Å². The summed E-state index contributed by atoms with van der Waals surface area (Å²) in [5, 5.41) is 16.8. The van der Waals surface area contributed by atoms with Crippen LogP contribution in [-0.2, 0) is 6.42 Å². The molecule has 1 saturated carbocycles. The summed E-state index contributed by atoms with van der Waals surface area (Å²) in [6, 6.07) is 0.624. The second-order valence-electron chi connectivity index (χ2n) is 4.91. The van der Waals surface area contributed by atoms with Gasteiger partial charge >= 0.3 is 0 Å². The van der Waals surface area contributed by atoms with E-state index in [1.54, 1.807) is 0 Å². The molecule has 2 aliphatic rings. The Morgan fingerprint density at radius 2 is 2.31 bits per heavy atom. The lowest BCUT2D eigenvalue weighted by molar-refractivity contribution is 0.288. The van der Waals surface area contributed by atoms with Crippen molar-refractivity contribution < 1.29 is 5.11 Å². The molecule has 0 amide bonds. The fraction of sp³-hybridized carbons (Fsp3) is 0.750. The largest absolute Gasteiger partial charge is 0.396 e. The maximum Gasteiger partial charge on any atom is 0.127 e. The molecule has 3 rings (SSSR count). The van der Waals surface area contributed by atoms with Crippen LogP contribution in [0.3, 0.4) is 0 Å². The molecule has 1 unspecified atom stereocenters. The third kappa shape index (κ3) is 1.71. The number of hydrogen-bond acceptors (Lipinski definition) is 3. The van der Waals surface area contributed by atoms with Crippen molar-refractivity contribution in [3.63, 3.8) is 0 Å². The molecule has 0 aromatic carbocycles. The van der Waals surface area contributed by atoms with Gasteiger partial charge in [0, 0.05) is 18.7 Å². The van der Waals surface area contributed by atoms with Gasteiger partial charge in [-0.05, 0) is 38.0 Å². The van der Waals surface area contributed by atoms with Crippen molar-refractivity contribution in [2.24, 2.45) is 5.92 Å². The number of rotatable bonds is 4. The average molecular weight is 221 g/mol. The average Bonchev–Trinajstić information content (AvgIpc) is 3.07. The van der Waals surface area contributed by atoms with Crippen LogP contribution < -0.4 is 5.32 Å². The molecule has 16 heavy (non-hydrogen) atoms. The number of hydrogen-bond donors (Lipinski definition) is 2. The van der Waals surface area contributed by atoms with Crippen LogP contribution in [0.2, 0.25) is 0 Å². The van der Waals surface area contributed by atoms with Crippen LogP contribution in [0.5, 0.6) is 0 Å². The molecule has 4 heteroatoms. The summed E-state index contributed by atoms with van der Waals surface area (Å²) in [5.74, 6) is 2.07. The molecule has 0 radical (unpaired) electrons. The Labute approximate surface area is 95.7 Å². The zero-order valence-corrected chi connectivity index (χ0v) is 9.52. The first-order valence-electron chi connectivity index (χ1n) is 6.31. The fourth-order valence-electron chi connectivity index (χ4n) is 2.67. The van der Waals surface area contributed by atoms with Gasteiger partial charge in [0.05, 0.1) is 12.2 Å². The van der Waals surface area contributed by atoms with E-state index >= 15 is 0 Å². The highest BCUT2D eigenvalue weighted by Crippen LogP contribution is 2.44. The van der Waals surface area contributed by atoms with Gasteiger partial charge in [-0.15, -0.1) is 0 Å². The summed E-state index contributed by atoms with van der Waals surface area (Å²) >= 11 is 0. The predicted molar refractivity (Wildman–Crippen MR) is 62.5 cm³/mol. The summed E-state index contributed by atoms with van der Waals surface area (Å²) in [4.78, 5) is 0. The number of aromatic nitrogens is 2. The van der Waals surface area contributed by atoms with Gasteiger partial charge in [-0.25, -0.2) is 4.68 Å². The molecule has 0 saturated heterocycles. The van der Waals surface area contributed by atoms with Crippen molar-refractivity contribution in [2.45, 2.75) is 38.1 Å². The van der Waals surface area contributed by atoms with Gasteiger partial charge in [0.2, 0.25) is 0 Å². The number of fused-ring (bicyclic) bond motifs is 1. The molecule has 1 aromatic rings. The maximum atomic E-state index is 8.87. The molecule has 0 spiro atoms. The third-order valence-electron chi connectivity index (χ3n) is 3.69. The van der Waals surface area contributed by atoms with Gasteiger partial charge < -0.3 is 10.4 Å². The Hall–Kier alpha value is -1.03. The molecule has 4 nitrogen and oxygen atoms in total. The highest BCUT2D eigenvalue weighted by molar-refractivity contribution is 5.46. The van der Waals surface area contributed by atoms with Gasteiger partial charge in [-0.3, -0.25) is 0 Å². The number of aryl methyl sites for hydroxylation is 1. The summed E-state index contributed by atoms with van der Waals surface area (Å²) < 4.78 is 2.19. The quantitative estimate of drug-likeness (QED) is 0.811. The number of nitrogens with one attached hydrogen (secondary N) is 1.